The van der Waals surface area contributed by atoms with Crippen molar-refractivity contribution in [3.05, 3.63) is 46.5 Å². The fraction of sp³-hybridized carbons (Fsp3) is 0.0909. The smallest absolute Gasteiger partial charge is 0.356 e. The molecule has 0 unspecified atom stereocenters. The van der Waals surface area contributed by atoms with Crippen LogP contribution in [0.1, 0.15) is 16.1 Å². The molecular weight excluding hydrogens is 272 g/mol. The Bertz CT molecular complexity index is 528. The maximum atomic E-state index is 10.7. The third-order valence-corrected chi connectivity index (χ3v) is 2.58. The largest absolute Gasteiger partial charge is 0.476 e. The first kappa shape index (κ1) is 10.9. The van der Waals surface area contributed by atoms with Crippen molar-refractivity contribution in [1.29, 1.82) is 0 Å². The van der Waals surface area contributed by atoms with Crippen LogP contribution in [0.4, 0.5) is 0 Å². The van der Waals surface area contributed by atoms with Crippen molar-refractivity contribution in [1.82, 2.24) is 9.55 Å². The Labute approximate surface area is 101 Å². The van der Waals surface area contributed by atoms with Gasteiger partial charge in [-0.3, -0.25) is 0 Å². The van der Waals surface area contributed by atoms with E-state index < -0.39 is 5.97 Å². The third kappa shape index (κ3) is 2.14. The fourth-order valence-electron chi connectivity index (χ4n) is 1.44. The highest BCUT2D eigenvalue weighted by molar-refractivity contribution is 9.10. The number of carboxylic acids is 1. The Balaban J connectivity index is 2.46. The molecule has 0 aliphatic rings. The first-order valence-electron chi connectivity index (χ1n) is 4.61. The van der Waals surface area contributed by atoms with E-state index in [4.69, 9.17) is 5.11 Å². The monoisotopic (exact) mass is 280 g/mol. The van der Waals surface area contributed by atoms with Gasteiger partial charge in [0.05, 0.1) is 0 Å². The van der Waals surface area contributed by atoms with Crippen LogP contribution in [-0.4, -0.2) is 20.6 Å². The SMILES string of the molecule is Cc1cc(Br)cc(-n2cnc(C(=O)O)c2)c1. The summed E-state index contributed by atoms with van der Waals surface area (Å²) in [6.45, 7) is 1.98. The van der Waals surface area contributed by atoms with Gasteiger partial charge >= 0.3 is 5.97 Å². The van der Waals surface area contributed by atoms with E-state index in [9.17, 15) is 4.79 Å². The highest BCUT2D eigenvalue weighted by Gasteiger charge is 2.07. The van der Waals surface area contributed by atoms with Gasteiger partial charge < -0.3 is 9.67 Å². The Morgan fingerprint density at radius 1 is 1.44 bits per heavy atom. The molecule has 4 nitrogen and oxygen atoms in total. The number of aromatic carboxylic acids is 1. The fourth-order valence-corrected chi connectivity index (χ4v) is 2.04. The summed E-state index contributed by atoms with van der Waals surface area (Å²) in [7, 11) is 0. The normalized spacial score (nSPS) is 10.4. The molecule has 0 radical (unpaired) electrons. The third-order valence-electron chi connectivity index (χ3n) is 2.13. The number of aryl methyl sites for hydroxylation is 1. The summed E-state index contributed by atoms with van der Waals surface area (Å²) >= 11 is 3.40. The lowest BCUT2D eigenvalue weighted by Gasteiger charge is -2.04. The summed E-state index contributed by atoms with van der Waals surface area (Å²) in [4.78, 5) is 14.5. The van der Waals surface area contributed by atoms with E-state index in [1.807, 2.05) is 25.1 Å². The molecule has 0 spiro atoms. The number of carbonyl (C=O) groups is 1. The molecular formula is C11H9BrN2O2. The first-order chi connectivity index (χ1) is 7.56. The van der Waals surface area contributed by atoms with Crippen LogP contribution < -0.4 is 0 Å². The number of carboxylic acid groups (broad SMARTS) is 1. The zero-order chi connectivity index (χ0) is 11.7. The molecule has 0 saturated carbocycles. The summed E-state index contributed by atoms with van der Waals surface area (Å²) < 4.78 is 2.63. The predicted octanol–water partition coefficient (Wildman–Crippen LogP) is 2.64. The summed E-state index contributed by atoms with van der Waals surface area (Å²) in [6.07, 6.45) is 2.98. The van der Waals surface area contributed by atoms with E-state index in [1.165, 1.54) is 12.5 Å². The zero-order valence-corrected chi connectivity index (χ0v) is 10.1. The molecule has 0 amide bonds. The predicted molar refractivity (Wildman–Crippen MR) is 63.0 cm³/mol. The van der Waals surface area contributed by atoms with E-state index in [2.05, 4.69) is 20.9 Å². The number of halogens is 1. The first-order valence-corrected chi connectivity index (χ1v) is 5.40. The van der Waals surface area contributed by atoms with E-state index in [1.54, 1.807) is 4.57 Å². The quantitative estimate of drug-likeness (QED) is 0.920. The van der Waals surface area contributed by atoms with Crippen molar-refractivity contribution in [2.45, 2.75) is 6.92 Å². The lowest BCUT2D eigenvalue weighted by molar-refractivity contribution is 0.0691. The number of hydrogen-bond acceptors (Lipinski definition) is 2. The molecule has 16 heavy (non-hydrogen) atoms. The number of hydrogen-bond donors (Lipinski definition) is 1. The summed E-state index contributed by atoms with van der Waals surface area (Å²) in [6, 6.07) is 5.84. The van der Waals surface area contributed by atoms with Crippen LogP contribution in [0.2, 0.25) is 0 Å². The van der Waals surface area contributed by atoms with Crippen molar-refractivity contribution >= 4 is 21.9 Å². The molecule has 1 heterocycles. The van der Waals surface area contributed by atoms with Crippen LogP contribution in [0.25, 0.3) is 5.69 Å². The number of imidazole rings is 1. The summed E-state index contributed by atoms with van der Waals surface area (Å²) in [5, 5.41) is 8.77. The zero-order valence-electron chi connectivity index (χ0n) is 8.51. The minimum absolute atomic E-state index is 0.0395. The van der Waals surface area contributed by atoms with Crippen molar-refractivity contribution in [3.8, 4) is 5.69 Å². The Kier molecular flexibility index (Phi) is 2.78. The maximum Gasteiger partial charge on any atom is 0.356 e. The van der Waals surface area contributed by atoms with Gasteiger partial charge in [-0.05, 0) is 30.7 Å². The van der Waals surface area contributed by atoms with Crippen molar-refractivity contribution in [2.75, 3.05) is 0 Å². The van der Waals surface area contributed by atoms with Gasteiger partial charge in [0, 0.05) is 16.4 Å². The number of aromatic nitrogens is 2. The molecule has 0 atom stereocenters. The highest BCUT2D eigenvalue weighted by Crippen LogP contribution is 2.18. The van der Waals surface area contributed by atoms with Gasteiger partial charge in [-0.15, -0.1) is 0 Å². The second-order valence-electron chi connectivity index (χ2n) is 3.46. The molecule has 2 rings (SSSR count). The van der Waals surface area contributed by atoms with Crippen LogP contribution in [0.5, 0.6) is 0 Å². The molecule has 0 aliphatic heterocycles. The van der Waals surface area contributed by atoms with E-state index in [0.717, 1.165) is 15.7 Å². The van der Waals surface area contributed by atoms with E-state index in [-0.39, 0.29) is 5.69 Å². The van der Waals surface area contributed by atoms with E-state index >= 15 is 0 Å². The molecule has 1 N–H and O–H groups in total. The summed E-state index contributed by atoms with van der Waals surface area (Å²) in [5.41, 5.74) is 2.01. The van der Waals surface area contributed by atoms with Gasteiger partial charge in [0.15, 0.2) is 5.69 Å². The molecule has 1 aromatic heterocycles. The second kappa shape index (κ2) is 4.09. The van der Waals surface area contributed by atoms with Crippen LogP contribution in [-0.2, 0) is 0 Å². The van der Waals surface area contributed by atoms with Gasteiger partial charge in [0.25, 0.3) is 0 Å². The van der Waals surface area contributed by atoms with Crippen LogP contribution in [0.3, 0.4) is 0 Å². The molecule has 0 aliphatic carbocycles. The number of rotatable bonds is 2. The van der Waals surface area contributed by atoms with Gasteiger partial charge in [0.1, 0.15) is 6.33 Å². The molecule has 0 saturated heterocycles. The van der Waals surface area contributed by atoms with Crippen LogP contribution >= 0.6 is 15.9 Å². The average molecular weight is 281 g/mol. The van der Waals surface area contributed by atoms with Gasteiger partial charge in [0.2, 0.25) is 0 Å². The minimum Gasteiger partial charge on any atom is -0.476 e. The van der Waals surface area contributed by atoms with Crippen LogP contribution in [0.15, 0.2) is 35.2 Å². The van der Waals surface area contributed by atoms with Crippen LogP contribution in [0, 0.1) is 6.92 Å². The molecule has 0 bridgehead atoms. The molecule has 0 fully saturated rings. The Hall–Kier alpha value is -1.62. The van der Waals surface area contributed by atoms with Gasteiger partial charge in [-0.25, -0.2) is 9.78 Å². The van der Waals surface area contributed by atoms with E-state index in [0.29, 0.717) is 0 Å². The standard InChI is InChI=1S/C11H9BrN2O2/c1-7-2-8(12)4-9(3-7)14-5-10(11(15)16)13-6-14/h2-6H,1H3,(H,15,16). The maximum absolute atomic E-state index is 10.7. The minimum atomic E-state index is -1.02. The van der Waals surface area contributed by atoms with Crippen molar-refractivity contribution in [2.24, 2.45) is 0 Å². The highest BCUT2D eigenvalue weighted by atomic mass is 79.9. The molecule has 5 heteroatoms. The Morgan fingerprint density at radius 3 is 2.75 bits per heavy atom. The number of benzene rings is 1. The lowest BCUT2D eigenvalue weighted by atomic mass is 10.2. The molecule has 1 aromatic carbocycles. The van der Waals surface area contributed by atoms with Gasteiger partial charge in [-0.1, -0.05) is 15.9 Å². The summed E-state index contributed by atoms with van der Waals surface area (Å²) in [5.74, 6) is -1.02. The molecule has 82 valence electrons. The second-order valence-corrected chi connectivity index (χ2v) is 4.37. The van der Waals surface area contributed by atoms with Gasteiger partial charge in [-0.2, -0.15) is 0 Å². The number of nitrogens with zero attached hydrogens (tertiary/aromatic N) is 2. The van der Waals surface area contributed by atoms with Crippen molar-refractivity contribution < 1.29 is 9.90 Å². The van der Waals surface area contributed by atoms with Crippen molar-refractivity contribution in [3.63, 3.8) is 0 Å². The lowest BCUT2D eigenvalue weighted by Crippen LogP contribution is -1.96. The Morgan fingerprint density at radius 2 is 2.19 bits per heavy atom. The topological polar surface area (TPSA) is 55.1 Å². The molecule has 2 aromatic rings. The average Bonchev–Trinajstić information content (AvgIpc) is 2.64.